The van der Waals surface area contributed by atoms with E-state index in [1.807, 2.05) is 13.1 Å². The van der Waals surface area contributed by atoms with Crippen molar-refractivity contribution in [1.82, 2.24) is 5.32 Å². The molecule has 1 fully saturated rings. The van der Waals surface area contributed by atoms with Gasteiger partial charge >= 0.3 is 0 Å². The molecule has 3 nitrogen and oxygen atoms in total. The van der Waals surface area contributed by atoms with Gasteiger partial charge < -0.3 is 5.32 Å². The minimum Gasteiger partial charge on any atom is -0.319 e. The second kappa shape index (κ2) is 6.54. The minimum atomic E-state index is -2.88. The van der Waals surface area contributed by atoms with Crippen LogP contribution in [0.25, 0.3) is 0 Å². The van der Waals surface area contributed by atoms with Crippen molar-refractivity contribution in [2.45, 2.75) is 12.8 Å². The highest BCUT2D eigenvalue weighted by Crippen LogP contribution is 2.31. The van der Waals surface area contributed by atoms with Crippen molar-refractivity contribution < 1.29 is 12.8 Å². The topological polar surface area (TPSA) is 46.2 Å². The van der Waals surface area contributed by atoms with Gasteiger partial charge in [0.2, 0.25) is 0 Å². The van der Waals surface area contributed by atoms with Gasteiger partial charge in [0, 0.05) is 0 Å². The van der Waals surface area contributed by atoms with E-state index in [1.54, 1.807) is 6.07 Å². The van der Waals surface area contributed by atoms with Gasteiger partial charge in [0.1, 0.15) is 5.82 Å². The van der Waals surface area contributed by atoms with E-state index in [9.17, 15) is 12.8 Å². The van der Waals surface area contributed by atoms with Crippen molar-refractivity contribution in [1.29, 1.82) is 0 Å². The van der Waals surface area contributed by atoms with Gasteiger partial charge in [0.05, 0.1) is 16.0 Å². The van der Waals surface area contributed by atoms with Gasteiger partial charge in [-0.2, -0.15) is 0 Å². The van der Waals surface area contributed by atoms with Gasteiger partial charge in [0.15, 0.2) is 9.84 Å². The number of hydrogen-bond acceptors (Lipinski definition) is 3. The van der Waals surface area contributed by atoms with E-state index in [0.29, 0.717) is 17.3 Å². The van der Waals surface area contributed by atoms with E-state index in [2.05, 4.69) is 21.2 Å². The van der Waals surface area contributed by atoms with Crippen LogP contribution in [-0.4, -0.2) is 33.5 Å². The van der Waals surface area contributed by atoms with Crippen LogP contribution in [0.5, 0.6) is 0 Å². The Bertz CT molecular complexity index is 577. The van der Waals surface area contributed by atoms with Gasteiger partial charge in [-0.1, -0.05) is 12.1 Å². The zero-order valence-electron chi connectivity index (χ0n) is 11.4. The Hall–Kier alpha value is -0.460. The predicted octanol–water partition coefficient (Wildman–Crippen LogP) is 2.40. The van der Waals surface area contributed by atoms with Crippen LogP contribution in [-0.2, 0) is 16.3 Å². The van der Waals surface area contributed by atoms with Gasteiger partial charge in [0.25, 0.3) is 0 Å². The van der Waals surface area contributed by atoms with Crippen LogP contribution >= 0.6 is 15.9 Å². The van der Waals surface area contributed by atoms with Crippen LogP contribution in [0.1, 0.15) is 12.0 Å². The average molecular weight is 364 g/mol. The van der Waals surface area contributed by atoms with E-state index in [0.717, 1.165) is 12.1 Å². The quantitative estimate of drug-likeness (QED) is 0.873. The SMILES string of the molecule is CNCC(Cc1cccc(F)c1Br)C1CCS(=O)(=O)C1. The van der Waals surface area contributed by atoms with Crippen LogP contribution in [0, 0.1) is 17.7 Å². The largest absolute Gasteiger partial charge is 0.319 e. The molecule has 6 heteroatoms. The molecule has 1 aliphatic rings. The molecule has 0 bridgehead atoms. The normalized spacial score (nSPS) is 22.9. The number of nitrogens with one attached hydrogen (secondary N) is 1. The maximum absolute atomic E-state index is 13.6. The molecule has 1 aromatic rings. The Balaban J connectivity index is 2.16. The Kier molecular flexibility index (Phi) is 5.20. The summed E-state index contributed by atoms with van der Waals surface area (Å²) in [5.41, 5.74) is 0.898. The fourth-order valence-corrected chi connectivity index (χ4v) is 5.20. The summed E-state index contributed by atoms with van der Waals surface area (Å²) in [7, 11) is -1.02. The number of sulfone groups is 1. The van der Waals surface area contributed by atoms with Crippen LogP contribution in [0.15, 0.2) is 22.7 Å². The van der Waals surface area contributed by atoms with Crippen molar-refractivity contribution in [2.75, 3.05) is 25.1 Å². The molecule has 1 N–H and O–H groups in total. The molecular formula is C14H19BrFNO2S. The highest BCUT2D eigenvalue weighted by atomic mass is 79.9. The molecule has 0 aromatic heterocycles. The summed E-state index contributed by atoms with van der Waals surface area (Å²) in [5, 5.41) is 3.12. The van der Waals surface area contributed by atoms with Gasteiger partial charge in [-0.15, -0.1) is 0 Å². The summed E-state index contributed by atoms with van der Waals surface area (Å²) < 4.78 is 37.3. The van der Waals surface area contributed by atoms with Crippen molar-refractivity contribution >= 4 is 25.8 Å². The lowest BCUT2D eigenvalue weighted by Gasteiger charge is -2.23. The van der Waals surface area contributed by atoms with E-state index in [-0.39, 0.29) is 29.2 Å². The van der Waals surface area contributed by atoms with Crippen molar-refractivity contribution in [2.24, 2.45) is 11.8 Å². The molecular weight excluding hydrogens is 345 g/mol. The molecule has 112 valence electrons. The van der Waals surface area contributed by atoms with E-state index < -0.39 is 9.84 Å². The highest BCUT2D eigenvalue weighted by Gasteiger charge is 2.33. The minimum absolute atomic E-state index is 0.155. The third-order valence-corrected chi connectivity index (χ3v) is 6.60. The molecule has 2 rings (SSSR count). The Morgan fingerprint density at radius 3 is 2.85 bits per heavy atom. The van der Waals surface area contributed by atoms with Crippen molar-refractivity contribution in [3.05, 3.63) is 34.1 Å². The standard InChI is InChI=1S/C14H19BrFNO2S/c1-17-8-12(11-5-6-20(18,19)9-11)7-10-3-2-4-13(16)14(10)15/h2-4,11-12,17H,5-9H2,1H3. The average Bonchev–Trinajstić information content (AvgIpc) is 2.74. The number of halogens is 2. The lowest BCUT2D eigenvalue weighted by atomic mass is 9.86. The fraction of sp³-hybridized carbons (Fsp3) is 0.571. The summed E-state index contributed by atoms with van der Waals surface area (Å²) in [6.07, 6.45) is 1.39. The first-order valence-electron chi connectivity index (χ1n) is 6.71. The Morgan fingerprint density at radius 1 is 1.50 bits per heavy atom. The van der Waals surface area contributed by atoms with Crippen molar-refractivity contribution in [3.63, 3.8) is 0 Å². The van der Waals surface area contributed by atoms with Crippen LogP contribution < -0.4 is 5.32 Å². The number of hydrogen-bond donors (Lipinski definition) is 1. The number of rotatable bonds is 5. The first-order chi connectivity index (χ1) is 9.43. The molecule has 1 heterocycles. The van der Waals surface area contributed by atoms with Crippen LogP contribution in [0.3, 0.4) is 0 Å². The Morgan fingerprint density at radius 2 is 2.25 bits per heavy atom. The maximum atomic E-state index is 13.6. The van der Waals surface area contributed by atoms with E-state index in [1.165, 1.54) is 6.07 Å². The monoisotopic (exact) mass is 363 g/mol. The summed E-state index contributed by atoms with van der Waals surface area (Å²) in [6, 6.07) is 5.00. The number of benzene rings is 1. The molecule has 1 aliphatic heterocycles. The second-order valence-electron chi connectivity index (χ2n) is 5.40. The molecule has 1 aromatic carbocycles. The Labute approximate surface area is 128 Å². The summed E-state index contributed by atoms with van der Waals surface area (Å²) in [5.74, 6) is 0.622. The lowest BCUT2D eigenvalue weighted by molar-refractivity contribution is 0.351. The van der Waals surface area contributed by atoms with Gasteiger partial charge in [-0.25, -0.2) is 12.8 Å². The third-order valence-electron chi connectivity index (χ3n) is 3.91. The molecule has 1 saturated heterocycles. The molecule has 2 atom stereocenters. The van der Waals surface area contributed by atoms with Gasteiger partial charge in [-0.05, 0) is 65.8 Å². The zero-order chi connectivity index (χ0) is 14.8. The van der Waals surface area contributed by atoms with E-state index >= 15 is 0 Å². The second-order valence-corrected chi connectivity index (χ2v) is 8.42. The molecule has 0 amide bonds. The van der Waals surface area contributed by atoms with Gasteiger partial charge in [-0.3, -0.25) is 0 Å². The summed E-state index contributed by atoms with van der Waals surface area (Å²) in [6.45, 7) is 0.739. The molecule has 0 spiro atoms. The zero-order valence-corrected chi connectivity index (χ0v) is 13.8. The van der Waals surface area contributed by atoms with Crippen molar-refractivity contribution in [3.8, 4) is 0 Å². The molecule has 2 unspecified atom stereocenters. The fourth-order valence-electron chi connectivity index (χ4n) is 2.85. The summed E-state index contributed by atoms with van der Waals surface area (Å²) >= 11 is 3.28. The van der Waals surface area contributed by atoms with E-state index in [4.69, 9.17) is 0 Å². The maximum Gasteiger partial charge on any atom is 0.150 e. The predicted molar refractivity (Wildman–Crippen MR) is 82.0 cm³/mol. The molecule has 0 aliphatic carbocycles. The highest BCUT2D eigenvalue weighted by molar-refractivity contribution is 9.10. The smallest absolute Gasteiger partial charge is 0.150 e. The first-order valence-corrected chi connectivity index (χ1v) is 9.32. The molecule has 0 saturated carbocycles. The van der Waals surface area contributed by atoms with Crippen LogP contribution in [0.2, 0.25) is 0 Å². The molecule has 20 heavy (non-hydrogen) atoms. The lowest BCUT2D eigenvalue weighted by Crippen LogP contribution is -2.28. The first kappa shape index (κ1) is 15.9. The summed E-state index contributed by atoms with van der Waals surface area (Å²) in [4.78, 5) is 0. The third kappa shape index (κ3) is 3.80. The van der Waals surface area contributed by atoms with Crippen LogP contribution in [0.4, 0.5) is 4.39 Å². The molecule has 0 radical (unpaired) electrons.